The van der Waals surface area contributed by atoms with Gasteiger partial charge in [-0.1, -0.05) is 6.07 Å². The number of ether oxygens (including phenoxy) is 4. The fourth-order valence-electron chi connectivity index (χ4n) is 2.72. The van der Waals surface area contributed by atoms with Gasteiger partial charge >= 0.3 is 0 Å². The summed E-state index contributed by atoms with van der Waals surface area (Å²) in [6.07, 6.45) is 0.653. The Hall–Kier alpha value is -3.42. The second-order valence-electron chi connectivity index (χ2n) is 6.72. The molecular weight excluding hydrogens is 388 g/mol. The van der Waals surface area contributed by atoms with E-state index in [0.717, 1.165) is 5.56 Å². The van der Waals surface area contributed by atoms with Gasteiger partial charge in [-0.25, -0.2) is 0 Å². The highest BCUT2D eigenvalue weighted by molar-refractivity contribution is 5.96. The monoisotopic (exact) mass is 416 g/mol. The van der Waals surface area contributed by atoms with Gasteiger partial charge in [-0.2, -0.15) is 0 Å². The van der Waals surface area contributed by atoms with Crippen molar-refractivity contribution in [3.8, 4) is 23.0 Å². The lowest BCUT2D eigenvalue weighted by Gasteiger charge is -2.14. The molecule has 8 heteroatoms. The molecule has 0 saturated carbocycles. The average molecular weight is 416 g/mol. The molecule has 162 valence electrons. The van der Waals surface area contributed by atoms with E-state index >= 15 is 0 Å². The standard InChI is InChI=1S/C22H28N2O6/c1-14(2)30-18-10-8-16(13-20(18)29-5)22(26)24-23-21(25)11-7-15-6-9-17(27-3)19(12-15)28-4/h6,8-10,12-14H,7,11H2,1-5H3,(H,23,25)(H,24,26). The third-order valence-corrected chi connectivity index (χ3v) is 4.19. The zero-order valence-electron chi connectivity index (χ0n) is 17.9. The lowest BCUT2D eigenvalue weighted by Crippen LogP contribution is -2.41. The maximum absolute atomic E-state index is 12.3. The van der Waals surface area contributed by atoms with E-state index in [2.05, 4.69) is 10.9 Å². The number of hydrogen-bond acceptors (Lipinski definition) is 6. The van der Waals surface area contributed by atoms with Crippen LogP contribution in [0.3, 0.4) is 0 Å². The number of nitrogens with one attached hydrogen (secondary N) is 2. The fourth-order valence-corrected chi connectivity index (χ4v) is 2.72. The molecule has 0 unspecified atom stereocenters. The molecule has 0 aliphatic rings. The molecule has 2 N–H and O–H groups in total. The second kappa shape index (κ2) is 10.9. The predicted molar refractivity (Wildman–Crippen MR) is 112 cm³/mol. The lowest BCUT2D eigenvalue weighted by molar-refractivity contribution is -0.121. The topological polar surface area (TPSA) is 95.1 Å². The van der Waals surface area contributed by atoms with Crippen molar-refractivity contribution in [1.29, 1.82) is 0 Å². The van der Waals surface area contributed by atoms with Crippen molar-refractivity contribution in [2.24, 2.45) is 0 Å². The van der Waals surface area contributed by atoms with Crippen molar-refractivity contribution in [2.45, 2.75) is 32.8 Å². The summed E-state index contributed by atoms with van der Waals surface area (Å²) in [6, 6.07) is 10.3. The first kappa shape index (κ1) is 22.9. The largest absolute Gasteiger partial charge is 0.493 e. The van der Waals surface area contributed by atoms with E-state index in [9.17, 15) is 9.59 Å². The molecule has 0 atom stereocenters. The number of carbonyl (C=O) groups is 2. The van der Waals surface area contributed by atoms with Crippen LogP contribution in [-0.2, 0) is 11.2 Å². The number of methoxy groups -OCH3 is 3. The summed E-state index contributed by atoms with van der Waals surface area (Å²) in [7, 11) is 4.62. The van der Waals surface area contributed by atoms with E-state index < -0.39 is 5.91 Å². The molecule has 2 aromatic carbocycles. The van der Waals surface area contributed by atoms with Gasteiger partial charge in [-0.05, 0) is 56.2 Å². The van der Waals surface area contributed by atoms with Crippen LogP contribution in [-0.4, -0.2) is 39.2 Å². The Morgan fingerprint density at radius 3 is 2.10 bits per heavy atom. The van der Waals surface area contributed by atoms with Gasteiger partial charge in [0, 0.05) is 12.0 Å². The summed E-state index contributed by atoms with van der Waals surface area (Å²) < 4.78 is 21.4. The van der Waals surface area contributed by atoms with Crippen LogP contribution in [0.2, 0.25) is 0 Å². The minimum atomic E-state index is -0.455. The van der Waals surface area contributed by atoms with Crippen LogP contribution in [0.4, 0.5) is 0 Å². The molecule has 2 amide bonds. The third kappa shape index (κ3) is 6.30. The molecule has 0 aliphatic heterocycles. The molecule has 0 heterocycles. The van der Waals surface area contributed by atoms with Gasteiger partial charge in [0.25, 0.3) is 5.91 Å². The summed E-state index contributed by atoms with van der Waals surface area (Å²) >= 11 is 0. The van der Waals surface area contributed by atoms with E-state index in [-0.39, 0.29) is 18.4 Å². The van der Waals surface area contributed by atoms with Crippen LogP contribution in [0.1, 0.15) is 36.2 Å². The van der Waals surface area contributed by atoms with Crippen LogP contribution in [0.5, 0.6) is 23.0 Å². The highest BCUT2D eigenvalue weighted by Crippen LogP contribution is 2.29. The number of amides is 2. The Balaban J connectivity index is 1.89. The molecular formula is C22H28N2O6. The molecule has 2 rings (SSSR count). The van der Waals surface area contributed by atoms with Crippen LogP contribution in [0.15, 0.2) is 36.4 Å². The van der Waals surface area contributed by atoms with E-state index in [1.54, 1.807) is 38.5 Å². The first-order valence-corrected chi connectivity index (χ1v) is 9.52. The predicted octanol–water partition coefficient (Wildman–Crippen LogP) is 2.89. The molecule has 0 saturated heterocycles. The van der Waals surface area contributed by atoms with Gasteiger partial charge in [0.05, 0.1) is 27.4 Å². The number of rotatable bonds is 9. The fraction of sp³-hybridized carbons (Fsp3) is 0.364. The van der Waals surface area contributed by atoms with E-state index in [1.165, 1.54) is 7.11 Å². The van der Waals surface area contributed by atoms with Crippen molar-refractivity contribution < 1.29 is 28.5 Å². The van der Waals surface area contributed by atoms with Crippen molar-refractivity contribution in [1.82, 2.24) is 10.9 Å². The smallest absolute Gasteiger partial charge is 0.269 e. The minimum Gasteiger partial charge on any atom is -0.493 e. The zero-order valence-corrected chi connectivity index (χ0v) is 17.9. The summed E-state index contributed by atoms with van der Waals surface area (Å²) in [4.78, 5) is 24.4. The number of hydrazine groups is 1. The molecule has 0 radical (unpaired) electrons. The van der Waals surface area contributed by atoms with Gasteiger partial charge in [-0.3, -0.25) is 20.4 Å². The Morgan fingerprint density at radius 1 is 0.833 bits per heavy atom. The zero-order chi connectivity index (χ0) is 22.1. The quantitative estimate of drug-likeness (QED) is 0.611. The molecule has 0 aliphatic carbocycles. The Bertz CT molecular complexity index is 882. The highest BCUT2D eigenvalue weighted by atomic mass is 16.5. The lowest BCUT2D eigenvalue weighted by atomic mass is 10.1. The second-order valence-corrected chi connectivity index (χ2v) is 6.72. The van der Waals surface area contributed by atoms with Crippen molar-refractivity contribution >= 4 is 11.8 Å². The Labute approximate surface area is 176 Å². The van der Waals surface area contributed by atoms with Crippen LogP contribution in [0.25, 0.3) is 0 Å². The van der Waals surface area contributed by atoms with Gasteiger partial charge in [0.2, 0.25) is 5.91 Å². The molecule has 30 heavy (non-hydrogen) atoms. The summed E-state index contributed by atoms with van der Waals surface area (Å²) in [5.74, 6) is 1.44. The molecule has 0 spiro atoms. The number of carbonyl (C=O) groups excluding carboxylic acids is 2. The number of aryl methyl sites for hydroxylation is 1. The first-order valence-electron chi connectivity index (χ1n) is 9.52. The number of hydrogen-bond donors (Lipinski definition) is 2. The van der Waals surface area contributed by atoms with Crippen LogP contribution in [0, 0.1) is 0 Å². The molecule has 0 bridgehead atoms. The van der Waals surface area contributed by atoms with Crippen molar-refractivity contribution in [2.75, 3.05) is 21.3 Å². The maximum atomic E-state index is 12.3. The summed E-state index contributed by atoms with van der Waals surface area (Å²) in [6.45, 7) is 3.80. The van der Waals surface area contributed by atoms with Crippen LogP contribution >= 0.6 is 0 Å². The molecule has 0 aromatic heterocycles. The Kier molecular flexibility index (Phi) is 8.34. The van der Waals surface area contributed by atoms with Gasteiger partial charge in [-0.15, -0.1) is 0 Å². The molecule has 8 nitrogen and oxygen atoms in total. The van der Waals surface area contributed by atoms with Crippen LogP contribution < -0.4 is 29.8 Å². The first-order chi connectivity index (χ1) is 14.4. The van der Waals surface area contributed by atoms with Gasteiger partial charge in [0.15, 0.2) is 23.0 Å². The van der Waals surface area contributed by atoms with Gasteiger partial charge in [0.1, 0.15) is 0 Å². The van der Waals surface area contributed by atoms with Crippen molar-refractivity contribution in [3.05, 3.63) is 47.5 Å². The minimum absolute atomic E-state index is 0.0245. The highest BCUT2D eigenvalue weighted by Gasteiger charge is 2.13. The third-order valence-electron chi connectivity index (χ3n) is 4.19. The van der Waals surface area contributed by atoms with E-state index in [1.807, 2.05) is 26.0 Å². The normalized spacial score (nSPS) is 10.3. The SMILES string of the molecule is COc1ccc(CCC(=O)NNC(=O)c2ccc(OC(C)C)c(OC)c2)cc1OC. The van der Waals surface area contributed by atoms with Crippen molar-refractivity contribution in [3.63, 3.8) is 0 Å². The number of benzene rings is 2. The van der Waals surface area contributed by atoms with E-state index in [0.29, 0.717) is 35.0 Å². The summed E-state index contributed by atoms with van der Waals surface area (Å²) in [5.41, 5.74) is 6.08. The van der Waals surface area contributed by atoms with E-state index in [4.69, 9.17) is 18.9 Å². The molecule has 2 aromatic rings. The van der Waals surface area contributed by atoms with Gasteiger partial charge < -0.3 is 18.9 Å². The maximum Gasteiger partial charge on any atom is 0.269 e. The Morgan fingerprint density at radius 2 is 1.47 bits per heavy atom. The summed E-state index contributed by atoms with van der Waals surface area (Å²) in [5, 5.41) is 0. The molecule has 0 fully saturated rings. The average Bonchev–Trinajstić information content (AvgIpc) is 2.75.